The minimum Gasteiger partial charge on any atom is -1.00 e. The minimum atomic E-state index is 0. The van der Waals surface area contributed by atoms with E-state index in [0.717, 1.165) is 24.5 Å². The molecule has 0 atom stereocenters. The van der Waals surface area contributed by atoms with Crippen LogP contribution < -0.4 is 27.2 Å². The predicted molar refractivity (Wildman–Crippen MR) is 88.5 cm³/mol. The quantitative estimate of drug-likeness (QED) is 0.767. The molecule has 0 aromatic heterocycles. The maximum Gasteiger partial charge on any atom is 0.161 e. The van der Waals surface area contributed by atoms with Crippen molar-refractivity contribution < 1.29 is 21.9 Å². The van der Waals surface area contributed by atoms with Crippen LogP contribution in [0.4, 0.5) is 0 Å². The van der Waals surface area contributed by atoms with Crippen LogP contribution in [-0.4, -0.2) is 19.8 Å². The van der Waals surface area contributed by atoms with Crippen LogP contribution in [0, 0.1) is 0 Å². The van der Waals surface area contributed by atoms with Crippen molar-refractivity contribution in [3.8, 4) is 11.5 Å². The first-order valence-corrected chi connectivity index (χ1v) is 7.92. The Hall–Kier alpha value is -1.71. The molecule has 0 saturated heterocycles. The zero-order valence-corrected chi connectivity index (χ0v) is 14.2. The van der Waals surface area contributed by atoms with E-state index in [1.165, 1.54) is 24.0 Å². The highest BCUT2D eigenvalue weighted by molar-refractivity contribution is 5.43. The number of rotatable bonds is 8. The van der Waals surface area contributed by atoms with Gasteiger partial charge in [0.15, 0.2) is 11.5 Å². The molecule has 1 aliphatic rings. The summed E-state index contributed by atoms with van der Waals surface area (Å²) in [6, 6.07) is 17.3. The minimum absolute atomic E-state index is 0. The van der Waals surface area contributed by atoms with E-state index in [9.17, 15) is 0 Å². The Labute approximate surface area is 144 Å². The summed E-state index contributed by atoms with van der Waals surface area (Å²) in [7, 11) is 1.69. The fourth-order valence-electron chi connectivity index (χ4n) is 2.41. The normalized spacial score (nSPS) is 13.3. The van der Waals surface area contributed by atoms with Gasteiger partial charge < -0.3 is 27.2 Å². The molecule has 124 valence electrons. The van der Waals surface area contributed by atoms with Crippen molar-refractivity contribution in [2.45, 2.75) is 31.8 Å². The lowest BCUT2D eigenvalue weighted by atomic mass is 10.1. The molecule has 0 spiro atoms. The second kappa shape index (κ2) is 8.80. The fourth-order valence-corrected chi connectivity index (χ4v) is 2.41. The Morgan fingerprint density at radius 3 is 2.48 bits per heavy atom. The smallest absolute Gasteiger partial charge is 0.161 e. The summed E-state index contributed by atoms with van der Waals surface area (Å²) in [4.78, 5) is 0. The van der Waals surface area contributed by atoms with Gasteiger partial charge in [-0.2, -0.15) is 0 Å². The lowest BCUT2D eigenvalue weighted by Gasteiger charge is -2.12. The highest BCUT2D eigenvalue weighted by atomic mass is 35.5. The molecule has 1 fully saturated rings. The van der Waals surface area contributed by atoms with Gasteiger partial charge in [0.25, 0.3) is 0 Å². The molecule has 1 saturated carbocycles. The maximum atomic E-state index is 5.88. The molecular formula is C19H23ClNO2-. The number of ether oxygens (including phenoxy) is 2. The summed E-state index contributed by atoms with van der Waals surface area (Å²) in [6.45, 7) is 1.55. The van der Waals surface area contributed by atoms with Gasteiger partial charge in [-0.25, -0.2) is 0 Å². The zero-order valence-electron chi connectivity index (χ0n) is 13.4. The van der Waals surface area contributed by atoms with Crippen molar-refractivity contribution in [1.29, 1.82) is 0 Å². The van der Waals surface area contributed by atoms with Gasteiger partial charge in [0, 0.05) is 19.0 Å². The van der Waals surface area contributed by atoms with Crippen LogP contribution in [0.2, 0.25) is 0 Å². The molecule has 0 radical (unpaired) electrons. The van der Waals surface area contributed by atoms with E-state index in [0.29, 0.717) is 12.6 Å². The summed E-state index contributed by atoms with van der Waals surface area (Å²) in [6.07, 6.45) is 3.50. The van der Waals surface area contributed by atoms with Crippen LogP contribution >= 0.6 is 0 Å². The van der Waals surface area contributed by atoms with E-state index < -0.39 is 0 Å². The molecule has 3 nitrogen and oxygen atoms in total. The monoisotopic (exact) mass is 332 g/mol. The fraction of sp³-hybridized carbons (Fsp3) is 0.368. The third kappa shape index (κ3) is 5.45. The van der Waals surface area contributed by atoms with Crippen LogP contribution in [0.3, 0.4) is 0 Å². The van der Waals surface area contributed by atoms with Gasteiger partial charge >= 0.3 is 0 Å². The molecule has 3 rings (SSSR count). The second-order valence-corrected chi connectivity index (χ2v) is 5.72. The Morgan fingerprint density at radius 1 is 1.00 bits per heavy atom. The van der Waals surface area contributed by atoms with Gasteiger partial charge in [-0.15, -0.1) is 0 Å². The van der Waals surface area contributed by atoms with Crippen LogP contribution in [0.15, 0.2) is 48.5 Å². The van der Waals surface area contributed by atoms with E-state index in [1.807, 2.05) is 12.1 Å². The van der Waals surface area contributed by atoms with Crippen molar-refractivity contribution in [2.24, 2.45) is 0 Å². The van der Waals surface area contributed by atoms with Gasteiger partial charge in [-0.05, 0) is 36.1 Å². The second-order valence-electron chi connectivity index (χ2n) is 5.72. The third-order valence-electron chi connectivity index (χ3n) is 3.89. The number of hydrogen-bond acceptors (Lipinski definition) is 3. The highest BCUT2D eigenvalue weighted by Gasteiger charge is 2.20. The lowest BCUT2D eigenvalue weighted by molar-refractivity contribution is -0.00000522. The molecule has 4 heteroatoms. The third-order valence-corrected chi connectivity index (χ3v) is 3.89. The molecule has 23 heavy (non-hydrogen) atoms. The van der Waals surface area contributed by atoms with E-state index in [4.69, 9.17) is 9.47 Å². The van der Waals surface area contributed by atoms with Gasteiger partial charge in [0.1, 0.15) is 0 Å². The molecule has 0 bridgehead atoms. The van der Waals surface area contributed by atoms with Crippen molar-refractivity contribution in [1.82, 2.24) is 5.32 Å². The average Bonchev–Trinajstić information content (AvgIpc) is 3.39. The summed E-state index contributed by atoms with van der Waals surface area (Å²) < 4.78 is 11.3. The SMILES string of the molecule is COc1cc(CNC2CC2)ccc1OCCc1ccccc1.[Cl-]. The topological polar surface area (TPSA) is 30.5 Å². The number of halogens is 1. The van der Waals surface area contributed by atoms with Crippen molar-refractivity contribution in [2.75, 3.05) is 13.7 Å². The summed E-state index contributed by atoms with van der Waals surface area (Å²) in [5, 5.41) is 3.51. The largest absolute Gasteiger partial charge is 1.00 e. The van der Waals surface area contributed by atoms with Crippen LogP contribution in [-0.2, 0) is 13.0 Å². The zero-order chi connectivity index (χ0) is 15.2. The number of nitrogens with one attached hydrogen (secondary N) is 1. The number of benzene rings is 2. The predicted octanol–water partition coefficient (Wildman–Crippen LogP) is 0.573. The molecule has 0 heterocycles. The first kappa shape index (κ1) is 17.6. The summed E-state index contributed by atoms with van der Waals surface area (Å²) >= 11 is 0. The molecule has 0 aliphatic heterocycles. The van der Waals surface area contributed by atoms with Crippen LogP contribution in [0.1, 0.15) is 24.0 Å². The van der Waals surface area contributed by atoms with Gasteiger partial charge in [-0.1, -0.05) is 36.4 Å². The number of methoxy groups -OCH3 is 1. The van der Waals surface area contributed by atoms with Gasteiger partial charge in [0.2, 0.25) is 0 Å². The molecule has 1 aliphatic carbocycles. The molecule has 2 aromatic carbocycles. The Bertz CT molecular complexity index is 600. The van der Waals surface area contributed by atoms with Crippen molar-refractivity contribution in [3.05, 3.63) is 59.7 Å². The van der Waals surface area contributed by atoms with Crippen molar-refractivity contribution >= 4 is 0 Å². The average molecular weight is 333 g/mol. The van der Waals surface area contributed by atoms with E-state index in [2.05, 4.69) is 41.7 Å². The summed E-state index contributed by atoms with van der Waals surface area (Å²) in [5.41, 5.74) is 2.52. The summed E-state index contributed by atoms with van der Waals surface area (Å²) in [5.74, 6) is 1.62. The first-order valence-electron chi connectivity index (χ1n) is 7.92. The molecule has 0 amide bonds. The molecule has 0 unspecified atom stereocenters. The Kier molecular flexibility index (Phi) is 6.75. The maximum absolute atomic E-state index is 5.88. The molecule has 2 aromatic rings. The number of hydrogen-bond donors (Lipinski definition) is 1. The van der Waals surface area contributed by atoms with E-state index in [1.54, 1.807) is 7.11 Å². The highest BCUT2D eigenvalue weighted by Crippen LogP contribution is 2.28. The first-order chi connectivity index (χ1) is 10.8. The van der Waals surface area contributed by atoms with Crippen molar-refractivity contribution in [3.63, 3.8) is 0 Å². The van der Waals surface area contributed by atoms with Gasteiger partial charge in [0.05, 0.1) is 13.7 Å². The standard InChI is InChI=1S/C19H23NO2.ClH/c1-21-19-13-16(14-20-17-8-9-17)7-10-18(19)22-12-11-15-5-3-2-4-6-15;/h2-7,10,13,17,20H,8-9,11-12,14H2,1H3;1H/p-1. The Balaban J connectivity index is 0.00000192. The Morgan fingerprint density at radius 2 is 1.78 bits per heavy atom. The van der Waals surface area contributed by atoms with Crippen LogP contribution in [0.5, 0.6) is 11.5 Å². The lowest BCUT2D eigenvalue weighted by Crippen LogP contribution is -3.00. The molecule has 1 N–H and O–H groups in total. The molecular weight excluding hydrogens is 310 g/mol. The van der Waals surface area contributed by atoms with Gasteiger partial charge in [-0.3, -0.25) is 0 Å². The van der Waals surface area contributed by atoms with E-state index in [-0.39, 0.29) is 12.4 Å². The van der Waals surface area contributed by atoms with Crippen LogP contribution in [0.25, 0.3) is 0 Å². The van der Waals surface area contributed by atoms with E-state index >= 15 is 0 Å².